The van der Waals surface area contributed by atoms with Crippen LogP contribution in [0.4, 0.5) is 0 Å². The first-order chi connectivity index (χ1) is 6.68. The predicted molar refractivity (Wildman–Crippen MR) is 51.3 cm³/mol. The van der Waals surface area contributed by atoms with Gasteiger partial charge in [-0.05, 0) is 19.8 Å². The lowest BCUT2D eigenvalue weighted by molar-refractivity contribution is -0.146. The molecule has 1 aliphatic rings. The van der Waals surface area contributed by atoms with E-state index in [0.717, 1.165) is 12.8 Å². The van der Waals surface area contributed by atoms with Gasteiger partial charge in [-0.15, -0.1) is 0 Å². The normalized spacial score (nSPS) is 28.4. The molecule has 0 aromatic rings. The van der Waals surface area contributed by atoms with Crippen molar-refractivity contribution >= 4 is 5.97 Å². The largest absolute Gasteiger partial charge is 0.481 e. The van der Waals surface area contributed by atoms with Crippen LogP contribution in [-0.2, 0) is 14.3 Å². The van der Waals surface area contributed by atoms with Crippen molar-refractivity contribution in [3.63, 3.8) is 0 Å². The first-order valence-electron chi connectivity index (χ1n) is 5.12. The van der Waals surface area contributed by atoms with Crippen molar-refractivity contribution in [2.45, 2.75) is 38.2 Å². The molecule has 82 valence electrons. The molecule has 0 spiro atoms. The fraction of sp³-hybridized carbons (Fsp3) is 0.900. The lowest BCUT2D eigenvalue weighted by Gasteiger charge is -2.30. The van der Waals surface area contributed by atoms with Gasteiger partial charge < -0.3 is 14.6 Å². The number of ether oxygens (including phenoxy) is 2. The zero-order valence-corrected chi connectivity index (χ0v) is 8.62. The molecule has 1 rings (SSSR count). The first kappa shape index (κ1) is 11.5. The Labute approximate surface area is 84.2 Å². The molecule has 1 N–H and O–H groups in total. The maximum Gasteiger partial charge on any atom is 0.306 e. The van der Waals surface area contributed by atoms with E-state index in [9.17, 15) is 4.79 Å². The maximum atomic E-state index is 10.7. The number of rotatable bonds is 4. The second-order valence-electron chi connectivity index (χ2n) is 3.65. The molecule has 1 saturated heterocycles. The molecule has 14 heavy (non-hydrogen) atoms. The molecule has 4 heteroatoms. The number of hydrogen-bond acceptors (Lipinski definition) is 3. The SMILES string of the molecule is CCOC1(CC(=O)O)CCCOCC1. The Morgan fingerprint density at radius 2 is 2.29 bits per heavy atom. The van der Waals surface area contributed by atoms with Crippen molar-refractivity contribution in [2.75, 3.05) is 19.8 Å². The molecule has 0 aromatic heterocycles. The Morgan fingerprint density at radius 3 is 2.93 bits per heavy atom. The van der Waals surface area contributed by atoms with Gasteiger partial charge in [-0.25, -0.2) is 0 Å². The molecule has 1 unspecified atom stereocenters. The van der Waals surface area contributed by atoms with Crippen LogP contribution < -0.4 is 0 Å². The van der Waals surface area contributed by atoms with Crippen molar-refractivity contribution in [3.05, 3.63) is 0 Å². The van der Waals surface area contributed by atoms with Gasteiger partial charge in [0.25, 0.3) is 0 Å². The van der Waals surface area contributed by atoms with Crippen LogP contribution >= 0.6 is 0 Å². The van der Waals surface area contributed by atoms with Crippen molar-refractivity contribution in [3.8, 4) is 0 Å². The monoisotopic (exact) mass is 202 g/mol. The molecule has 0 amide bonds. The fourth-order valence-corrected chi connectivity index (χ4v) is 1.94. The van der Waals surface area contributed by atoms with Crippen LogP contribution in [0.1, 0.15) is 32.6 Å². The highest BCUT2D eigenvalue weighted by Crippen LogP contribution is 2.29. The third-order valence-corrected chi connectivity index (χ3v) is 2.55. The van der Waals surface area contributed by atoms with Crippen molar-refractivity contribution in [1.82, 2.24) is 0 Å². The molecule has 1 fully saturated rings. The minimum absolute atomic E-state index is 0.0875. The first-order valence-corrected chi connectivity index (χ1v) is 5.12. The van der Waals surface area contributed by atoms with E-state index in [2.05, 4.69) is 0 Å². The smallest absolute Gasteiger partial charge is 0.306 e. The van der Waals surface area contributed by atoms with Crippen LogP contribution in [0, 0.1) is 0 Å². The highest BCUT2D eigenvalue weighted by Gasteiger charge is 2.34. The van der Waals surface area contributed by atoms with Crippen LogP contribution in [0.3, 0.4) is 0 Å². The summed E-state index contributed by atoms with van der Waals surface area (Å²) in [5.41, 5.74) is -0.489. The summed E-state index contributed by atoms with van der Waals surface area (Å²) in [5, 5.41) is 8.83. The van der Waals surface area contributed by atoms with E-state index in [1.54, 1.807) is 0 Å². The van der Waals surface area contributed by atoms with Crippen LogP contribution in [0.25, 0.3) is 0 Å². The Bertz CT molecular complexity index is 183. The van der Waals surface area contributed by atoms with Crippen LogP contribution in [0.5, 0.6) is 0 Å². The summed E-state index contributed by atoms with van der Waals surface area (Å²) < 4.78 is 10.9. The van der Waals surface area contributed by atoms with E-state index in [1.807, 2.05) is 6.92 Å². The molecule has 1 aliphatic heterocycles. The number of carboxylic acid groups (broad SMARTS) is 1. The van der Waals surface area contributed by atoms with Crippen LogP contribution in [0.2, 0.25) is 0 Å². The number of carboxylic acids is 1. The van der Waals surface area contributed by atoms with Gasteiger partial charge in [-0.3, -0.25) is 4.79 Å². The molecular weight excluding hydrogens is 184 g/mol. The van der Waals surface area contributed by atoms with Gasteiger partial charge in [0.15, 0.2) is 0 Å². The molecule has 0 saturated carbocycles. The van der Waals surface area contributed by atoms with Gasteiger partial charge in [-0.2, -0.15) is 0 Å². The average Bonchev–Trinajstić information content (AvgIpc) is 2.30. The van der Waals surface area contributed by atoms with E-state index < -0.39 is 11.6 Å². The summed E-state index contributed by atoms with van der Waals surface area (Å²) >= 11 is 0. The van der Waals surface area contributed by atoms with Gasteiger partial charge in [0.2, 0.25) is 0 Å². The minimum atomic E-state index is -0.791. The second-order valence-corrected chi connectivity index (χ2v) is 3.65. The second kappa shape index (κ2) is 5.32. The highest BCUT2D eigenvalue weighted by molar-refractivity contribution is 5.68. The van der Waals surface area contributed by atoms with Crippen molar-refractivity contribution in [2.24, 2.45) is 0 Å². The Hall–Kier alpha value is -0.610. The summed E-state index contributed by atoms with van der Waals surface area (Å²) in [6.45, 7) is 3.78. The van der Waals surface area contributed by atoms with Crippen molar-refractivity contribution < 1.29 is 19.4 Å². The number of carbonyl (C=O) groups is 1. The molecule has 1 heterocycles. The Balaban J connectivity index is 2.61. The predicted octanol–water partition coefficient (Wildman–Crippen LogP) is 1.44. The fourth-order valence-electron chi connectivity index (χ4n) is 1.94. The van der Waals surface area contributed by atoms with Gasteiger partial charge >= 0.3 is 5.97 Å². The molecular formula is C10H18O4. The average molecular weight is 202 g/mol. The van der Waals surface area contributed by atoms with Gasteiger partial charge in [-0.1, -0.05) is 0 Å². The van der Waals surface area contributed by atoms with Gasteiger partial charge in [0.1, 0.15) is 0 Å². The van der Waals surface area contributed by atoms with E-state index in [1.165, 1.54) is 0 Å². The van der Waals surface area contributed by atoms with Crippen molar-refractivity contribution in [1.29, 1.82) is 0 Å². The van der Waals surface area contributed by atoms with Crippen LogP contribution in [0.15, 0.2) is 0 Å². The molecule has 4 nitrogen and oxygen atoms in total. The molecule has 0 radical (unpaired) electrons. The van der Waals surface area contributed by atoms with Gasteiger partial charge in [0, 0.05) is 26.2 Å². The number of aliphatic carboxylic acids is 1. The molecule has 0 aliphatic carbocycles. The maximum absolute atomic E-state index is 10.7. The zero-order chi connectivity index (χ0) is 10.4. The molecule has 0 aromatic carbocycles. The third-order valence-electron chi connectivity index (χ3n) is 2.55. The Kier molecular flexibility index (Phi) is 4.35. The van der Waals surface area contributed by atoms with E-state index >= 15 is 0 Å². The van der Waals surface area contributed by atoms with E-state index in [4.69, 9.17) is 14.6 Å². The summed E-state index contributed by atoms with van der Waals surface area (Å²) in [5.74, 6) is -0.791. The quantitative estimate of drug-likeness (QED) is 0.749. The summed E-state index contributed by atoms with van der Waals surface area (Å²) in [6.07, 6.45) is 2.44. The van der Waals surface area contributed by atoms with Crippen LogP contribution in [-0.4, -0.2) is 36.5 Å². The Morgan fingerprint density at radius 1 is 1.50 bits per heavy atom. The number of hydrogen-bond donors (Lipinski definition) is 1. The molecule has 1 atom stereocenters. The highest BCUT2D eigenvalue weighted by atomic mass is 16.5. The summed E-state index contributed by atoms with van der Waals surface area (Å²) in [4.78, 5) is 10.7. The lowest BCUT2D eigenvalue weighted by Crippen LogP contribution is -2.35. The van der Waals surface area contributed by atoms with Gasteiger partial charge in [0.05, 0.1) is 12.0 Å². The lowest BCUT2D eigenvalue weighted by atomic mass is 9.91. The zero-order valence-electron chi connectivity index (χ0n) is 8.62. The summed E-state index contributed by atoms with van der Waals surface area (Å²) in [6, 6.07) is 0. The van der Waals surface area contributed by atoms with E-state index in [0.29, 0.717) is 26.2 Å². The topological polar surface area (TPSA) is 55.8 Å². The third kappa shape index (κ3) is 3.27. The summed E-state index contributed by atoms with van der Waals surface area (Å²) in [7, 11) is 0. The molecule has 0 bridgehead atoms. The minimum Gasteiger partial charge on any atom is -0.481 e. The van der Waals surface area contributed by atoms with E-state index in [-0.39, 0.29) is 6.42 Å². The standard InChI is InChI=1S/C10H18O4/c1-2-14-10(8-9(11)12)4-3-6-13-7-5-10/h2-8H2,1H3,(H,11,12).